The zero-order valence-electron chi connectivity index (χ0n) is 23.5. The molecule has 0 aromatic heterocycles. The number of rotatable bonds is 18. The zero-order chi connectivity index (χ0) is 26.5. The summed E-state index contributed by atoms with van der Waals surface area (Å²) in [7, 11) is 0. The van der Waals surface area contributed by atoms with Gasteiger partial charge in [-0.3, -0.25) is 4.99 Å². The number of nitrogens with two attached hydrogens (primary N) is 2. The minimum atomic E-state index is -0.188. The molecule has 1 unspecified atom stereocenters. The molecule has 2 saturated heterocycles. The Hall–Kier alpha value is -2.25. The minimum absolute atomic E-state index is 0.102. The van der Waals surface area contributed by atoms with Crippen molar-refractivity contribution in [3.63, 3.8) is 0 Å². The molecule has 0 aromatic carbocycles. The standard InChI is InChI=1S/C29H52N6O2/c1-3-5-7-8-9-10-12-15-22-21-23-17-18-25-26(27(36)37-20-14-13-19-32-28(30)31)24(16-11-6-4-2)34-29(33-22)35(23)25/h22-24H,3-21H2,1-2H3,(H,33,34)(H4,30,31,32)/t22-,23+,24?/m0/s1. The van der Waals surface area contributed by atoms with E-state index < -0.39 is 0 Å². The molecule has 3 aliphatic rings. The molecule has 0 aliphatic carbocycles. The summed E-state index contributed by atoms with van der Waals surface area (Å²) in [6.07, 6.45) is 19.6. The highest BCUT2D eigenvalue weighted by Crippen LogP contribution is 2.40. The fourth-order valence-corrected chi connectivity index (χ4v) is 5.96. The summed E-state index contributed by atoms with van der Waals surface area (Å²) in [5, 5.41) is 3.78. The molecule has 0 amide bonds. The van der Waals surface area contributed by atoms with Crippen molar-refractivity contribution in [2.24, 2.45) is 21.5 Å². The number of esters is 1. The number of carbonyl (C=O) groups excluding carboxylic acids is 1. The molecular weight excluding hydrogens is 464 g/mol. The number of nitrogens with one attached hydrogen (secondary N) is 1. The van der Waals surface area contributed by atoms with Gasteiger partial charge in [0.05, 0.1) is 18.2 Å². The molecule has 8 nitrogen and oxygen atoms in total. The topological polar surface area (TPSA) is 118 Å². The van der Waals surface area contributed by atoms with Crippen LogP contribution in [0.5, 0.6) is 0 Å². The van der Waals surface area contributed by atoms with E-state index in [0.717, 1.165) is 75.0 Å². The largest absolute Gasteiger partial charge is 0.462 e. The van der Waals surface area contributed by atoms with Gasteiger partial charge in [0.15, 0.2) is 11.9 Å². The number of nitrogens with zero attached hydrogens (tertiary/aromatic N) is 3. The van der Waals surface area contributed by atoms with E-state index in [9.17, 15) is 4.79 Å². The van der Waals surface area contributed by atoms with Crippen LogP contribution in [0.2, 0.25) is 0 Å². The van der Waals surface area contributed by atoms with E-state index in [0.29, 0.717) is 25.2 Å². The van der Waals surface area contributed by atoms with Gasteiger partial charge in [-0.25, -0.2) is 9.79 Å². The average molecular weight is 517 g/mol. The molecule has 0 bridgehead atoms. The van der Waals surface area contributed by atoms with Gasteiger partial charge in [-0.2, -0.15) is 0 Å². The van der Waals surface area contributed by atoms with Crippen LogP contribution in [-0.2, 0) is 9.53 Å². The predicted octanol–water partition coefficient (Wildman–Crippen LogP) is 5.12. The van der Waals surface area contributed by atoms with Crippen LogP contribution >= 0.6 is 0 Å². The molecule has 0 saturated carbocycles. The highest BCUT2D eigenvalue weighted by molar-refractivity contribution is 5.96. The fraction of sp³-hybridized carbons (Fsp3) is 0.828. The van der Waals surface area contributed by atoms with Gasteiger partial charge in [0, 0.05) is 24.3 Å². The van der Waals surface area contributed by atoms with Gasteiger partial charge < -0.3 is 26.4 Å². The van der Waals surface area contributed by atoms with Crippen LogP contribution in [0.15, 0.2) is 21.3 Å². The molecule has 210 valence electrons. The number of unbranched alkanes of at least 4 members (excludes halogenated alkanes) is 9. The van der Waals surface area contributed by atoms with E-state index in [2.05, 4.69) is 29.1 Å². The third-order valence-corrected chi connectivity index (χ3v) is 7.95. The number of hydrogen-bond donors (Lipinski definition) is 3. The Labute approximate surface area is 224 Å². The first-order valence-electron chi connectivity index (χ1n) is 15.1. The van der Waals surface area contributed by atoms with Crippen molar-refractivity contribution < 1.29 is 9.53 Å². The first kappa shape index (κ1) is 29.3. The van der Waals surface area contributed by atoms with Gasteiger partial charge in [0.25, 0.3) is 0 Å². The SMILES string of the molecule is CCCCCCCCC[C@H]1C[C@H]2CCC3=C(C(=O)OCCCCN=C(N)N)C(CCCCC)N=C(N1)N32. The maximum absolute atomic E-state index is 13.3. The van der Waals surface area contributed by atoms with Crippen molar-refractivity contribution >= 4 is 17.9 Å². The van der Waals surface area contributed by atoms with Crippen LogP contribution in [0.4, 0.5) is 0 Å². The first-order chi connectivity index (χ1) is 18.0. The summed E-state index contributed by atoms with van der Waals surface area (Å²) >= 11 is 0. The summed E-state index contributed by atoms with van der Waals surface area (Å²) in [4.78, 5) is 24.8. The summed E-state index contributed by atoms with van der Waals surface area (Å²) < 4.78 is 5.75. The van der Waals surface area contributed by atoms with Crippen LogP contribution in [0.3, 0.4) is 0 Å². The maximum atomic E-state index is 13.3. The van der Waals surface area contributed by atoms with E-state index in [1.807, 2.05) is 0 Å². The minimum Gasteiger partial charge on any atom is -0.462 e. The fourth-order valence-electron chi connectivity index (χ4n) is 5.96. The highest BCUT2D eigenvalue weighted by Gasteiger charge is 2.44. The Morgan fingerprint density at radius 1 is 1.00 bits per heavy atom. The smallest absolute Gasteiger partial charge is 0.337 e. The summed E-state index contributed by atoms with van der Waals surface area (Å²) in [6, 6.07) is 0.832. The van der Waals surface area contributed by atoms with Gasteiger partial charge in [0.2, 0.25) is 0 Å². The number of allylic oxidation sites excluding steroid dienone is 1. The van der Waals surface area contributed by atoms with E-state index in [4.69, 9.17) is 21.2 Å². The lowest BCUT2D eigenvalue weighted by Crippen LogP contribution is -2.56. The summed E-state index contributed by atoms with van der Waals surface area (Å²) in [5.41, 5.74) is 12.7. The van der Waals surface area contributed by atoms with Crippen molar-refractivity contribution in [2.75, 3.05) is 13.2 Å². The number of carbonyl (C=O) groups is 1. The van der Waals surface area contributed by atoms with Gasteiger partial charge >= 0.3 is 5.97 Å². The molecular formula is C29H52N6O2. The van der Waals surface area contributed by atoms with E-state index in [1.165, 1.54) is 51.4 Å². The number of guanidine groups is 2. The lowest BCUT2D eigenvalue weighted by molar-refractivity contribution is -0.139. The molecule has 2 fully saturated rings. The summed E-state index contributed by atoms with van der Waals surface area (Å²) in [6.45, 7) is 5.43. The highest BCUT2D eigenvalue weighted by atomic mass is 16.5. The Bertz CT molecular complexity index is 804. The molecule has 3 heterocycles. The van der Waals surface area contributed by atoms with Crippen LogP contribution < -0.4 is 16.8 Å². The van der Waals surface area contributed by atoms with Crippen molar-refractivity contribution in [1.82, 2.24) is 10.2 Å². The molecule has 3 rings (SSSR count). The Balaban J connectivity index is 1.58. The average Bonchev–Trinajstić information content (AvgIpc) is 3.30. The van der Waals surface area contributed by atoms with Crippen LogP contribution in [0.1, 0.15) is 123 Å². The van der Waals surface area contributed by atoms with Crippen LogP contribution in [0.25, 0.3) is 0 Å². The molecule has 8 heteroatoms. The molecule has 3 atom stereocenters. The molecule has 0 spiro atoms. The third kappa shape index (κ3) is 8.92. The summed E-state index contributed by atoms with van der Waals surface area (Å²) in [5.74, 6) is 0.921. The van der Waals surface area contributed by atoms with E-state index >= 15 is 0 Å². The van der Waals surface area contributed by atoms with E-state index in [-0.39, 0.29) is 18.0 Å². The lowest BCUT2D eigenvalue weighted by Gasteiger charge is -2.42. The Morgan fingerprint density at radius 3 is 2.46 bits per heavy atom. The predicted molar refractivity (Wildman–Crippen MR) is 152 cm³/mol. The number of hydrogen-bond acceptors (Lipinski definition) is 6. The number of ether oxygens (including phenoxy) is 1. The van der Waals surface area contributed by atoms with E-state index in [1.54, 1.807) is 0 Å². The van der Waals surface area contributed by atoms with Gasteiger partial charge in [-0.15, -0.1) is 0 Å². The second-order valence-corrected chi connectivity index (χ2v) is 11.0. The van der Waals surface area contributed by atoms with Crippen LogP contribution in [0, 0.1) is 0 Å². The molecule has 5 N–H and O–H groups in total. The van der Waals surface area contributed by atoms with Gasteiger partial charge in [-0.05, 0) is 44.9 Å². The molecule has 0 aromatic rings. The second kappa shape index (κ2) is 15.9. The van der Waals surface area contributed by atoms with Gasteiger partial charge in [-0.1, -0.05) is 78.1 Å². The maximum Gasteiger partial charge on any atom is 0.337 e. The quantitative estimate of drug-likeness (QED) is 0.101. The van der Waals surface area contributed by atoms with Crippen molar-refractivity contribution in [1.29, 1.82) is 0 Å². The van der Waals surface area contributed by atoms with Crippen molar-refractivity contribution in [3.05, 3.63) is 11.3 Å². The van der Waals surface area contributed by atoms with Crippen LogP contribution in [-0.4, -0.2) is 54.1 Å². The van der Waals surface area contributed by atoms with Crippen molar-refractivity contribution in [2.45, 2.75) is 141 Å². The zero-order valence-corrected chi connectivity index (χ0v) is 23.5. The Kier molecular flexibility index (Phi) is 12.6. The van der Waals surface area contributed by atoms with Crippen molar-refractivity contribution in [3.8, 4) is 0 Å². The second-order valence-electron chi connectivity index (χ2n) is 11.0. The number of aliphatic imine (C=N–C) groups is 2. The van der Waals surface area contributed by atoms with Gasteiger partial charge in [0.1, 0.15) is 0 Å². The lowest BCUT2D eigenvalue weighted by atomic mass is 9.95. The normalized spacial score (nSPS) is 22.4. The third-order valence-electron chi connectivity index (χ3n) is 7.95. The molecule has 0 radical (unpaired) electrons. The molecule has 3 aliphatic heterocycles. The first-order valence-corrected chi connectivity index (χ1v) is 15.1. The monoisotopic (exact) mass is 516 g/mol. The molecule has 37 heavy (non-hydrogen) atoms. The Morgan fingerprint density at radius 2 is 1.70 bits per heavy atom.